The fourth-order valence-corrected chi connectivity index (χ4v) is 2.03. The Balaban J connectivity index is 2.03. The lowest BCUT2D eigenvalue weighted by molar-refractivity contribution is 0.0941. The molecular weight excluding hydrogens is 271 g/mol. The van der Waals surface area contributed by atoms with Gasteiger partial charge in [-0.2, -0.15) is 0 Å². The number of amides is 1. The van der Waals surface area contributed by atoms with E-state index >= 15 is 0 Å². The fraction of sp³-hybridized carbons (Fsp3) is 0.400. The average Bonchev–Trinajstić information content (AvgIpc) is 2.92. The van der Waals surface area contributed by atoms with E-state index in [1.165, 1.54) is 0 Å². The zero-order valence-electron chi connectivity index (χ0n) is 12.6. The Morgan fingerprint density at radius 3 is 2.48 bits per heavy atom. The van der Waals surface area contributed by atoms with Crippen LogP contribution in [0.2, 0.25) is 0 Å². The second kappa shape index (κ2) is 6.03. The first-order valence-electron chi connectivity index (χ1n) is 6.84. The van der Waals surface area contributed by atoms with Crippen molar-refractivity contribution in [2.24, 2.45) is 0 Å². The van der Waals surface area contributed by atoms with E-state index in [1.807, 2.05) is 13.8 Å². The highest BCUT2D eigenvalue weighted by atomic mass is 19.1. The second-order valence-corrected chi connectivity index (χ2v) is 5.43. The summed E-state index contributed by atoms with van der Waals surface area (Å²) in [6, 6.07) is 3.44. The summed E-state index contributed by atoms with van der Waals surface area (Å²) in [7, 11) is 0. The number of benzene rings is 1. The molecule has 0 aliphatic carbocycles. The predicted molar refractivity (Wildman–Crippen MR) is 77.5 cm³/mol. The zero-order chi connectivity index (χ0) is 15.6. The van der Waals surface area contributed by atoms with Gasteiger partial charge < -0.3 is 5.32 Å². The number of aryl methyl sites for hydroxylation is 2. The maximum Gasteiger partial charge on any atom is 0.291 e. The smallest absolute Gasteiger partial charge is 0.291 e. The van der Waals surface area contributed by atoms with Crippen molar-refractivity contribution in [3.05, 3.63) is 46.3 Å². The minimum Gasteiger partial charge on any atom is -0.345 e. The lowest BCUT2D eigenvalue weighted by atomic mass is 10.1. The number of H-pyrrole nitrogens is 1. The Morgan fingerprint density at radius 2 is 1.95 bits per heavy atom. The Morgan fingerprint density at radius 1 is 1.33 bits per heavy atom. The third-order valence-electron chi connectivity index (χ3n) is 3.20. The highest BCUT2D eigenvalue weighted by Gasteiger charge is 2.14. The van der Waals surface area contributed by atoms with E-state index in [-0.39, 0.29) is 23.5 Å². The highest BCUT2D eigenvalue weighted by molar-refractivity contribution is 5.90. The van der Waals surface area contributed by atoms with Gasteiger partial charge in [-0.1, -0.05) is 26.0 Å². The Labute approximate surface area is 123 Å². The molecule has 112 valence electrons. The number of rotatable bonds is 4. The van der Waals surface area contributed by atoms with Crippen molar-refractivity contribution in [2.45, 2.75) is 40.2 Å². The first kappa shape index (κ1) is 15.2. The van der Waals surface area contributed by atoms with Gasteiger partial charge in [-0.15, -0.1) is 5.10 Å². The van der Waals surface area contributed by atoms with E-state index in [1.54, 1.807) is 26.0 Å². The van der Waals surface area contributed by atoms with Crippen molar-refractivity contribution in [1.29, 1.82) is 0 Å². The van der Waals surface area contributed by atoms with Crippen molar-refractivity contribution < 1.29 is 9.18 Å². The molecule has 5 nitrogen and oxygen atoms in total. The molecule has 0 atom stereocenters. The molecule has 0 fully saturated rings. The van der Waals surface area contributed by atoms with Crippen molar-refractivity contribution in [3.63, 3.8) is 0 Å². The van der Waals surface area contributed by atoms with E-state index in [9.17, 15) is 9.18 Å². The number of hydrogen-bond donors (Lipinski definition) is 2. The summed E-state index contributed by atoms with van der Waals surface area (Å²) in [6.07, 6.45) is 0. The summed E-state index contributed by atoms with van der Waals surface area (Å²) in [4.78, 5) is 16.1. The molecule has 2 rings (SSSR count). The number of nitrogens with zero attached hydrogens (tertiary/aromatic N) is 2. The van der Waals surface area contributed by atoms with E-state index in [0.717, 1.165) is 5.56 Å². The lowest BCUT2D eigenvalue weighted by Crippen LogP contribution is -2.24. The van der Waals surface area contributed by atoms with Crippen LogP contribution in [0.5, 0.6) is 0 Å². The van der Waals surface area contributed by atoms with Gasteiger partial charge in [-0.3, -0.25) is 9.89 Å². The minimum atomic E-state index is -0.349. The normalized spacial score (nSPS) is 11.0. The van der Waals surface area contributed by atoms with Gasteiger partial charge in [0, 0.05) is 12.5 Å². The summed E-state index contributed by atoms with van der Waals surface area (Å²) in [6.45, 7) is 7.65. The molecule has 1 amide bonds. The molecule has 2 aromatic rings. The average molecular weight is 290 g/mol. The van der Waals surface area contributed by atoms with Gasteiger partial charge in [0.1, 0.15) is 11.6 Å². The van der Waals surface area contributed by atoms with Crippen LogP contribution in [0.15, 0.2) is 12.1 Å². The summed E-state index contributed by atoms with van der Waals surface area (Å²) in [5.41, 5.74) is 1.98. The topological polar surface area (TPSA) is 70.7 Å². The zero-order valence-corrected chi connectivity index (χ0v) is 12.6. The summed E-state index contributed by atoms with van der Waals surface area (Å²) >= 11 is 0. The van der Waals surface area contributed by atoms with E-state index < -0.39 is 0 Å². The standard InChI is InChI=1S/C15H19FN4O/c1-8(2)13-18-14(20-19-13)15(21)17-7-11-5-9(3)12(16)10(4)6-11/h5-6,8H,7H2,1-4H3,(H,17,21)(H,18,19,20). The van der Waals surface area contributed by atoms with E-state index in [2.05, 4.69) is 20.5 Å². The van der Waals surface area contributed by atoms with Crippen LogP contribution in [-0.2, 0) is 6.54 Å². The Hall–Kier alpha value is -2.24. The molecule has 1 aromatic heterocycles. The monoisotopic (exact) mass is 290 g/mol. The SMILES string of the molecule is Cc1cc(CNC(=O)c2n[nH]c(C(C)C)n2)cc(C)c1F. The first-order chi connectivity index (χ1) is 9.88. The first-order valence-corrected chi connectivity index (χ1v) is 6.84. The maximum absolute atomic E-state index is 13.5. The third kappa shape index (κ3) is 3.45. The quantitative estimate of drug-likeness (QED) is 0.909. The highest BCUT2D eigenvalue weighted by Crippen LogP contribution is 2.14. The molecule has 6 heteroatoms. The number of nitrogens with one attached hydrogen (secondary N) is 2. The van der Waals surface area contributed by atoms with Crippen molar-refractivity contribution in [1.82, 2.24) is 20.5 Å². The molecule has 0 spiro atoms. The number of carbonyl (C=O) groups excluding carboxylic acids is 1. The number of aromatic amines is 1. The number of carbonyl (C=O) groups is 1. The summed E-state index contributed by atoms with van der Waals surface area (Å²) in [5, 5.41) is 9.36. The lowest BCUT2D eigenvalue weighted by Gasteiger charge is -2.07. The van der Waals surface area contributed by atoms with Crippen molar-refractivity contribution in [2.75, 3.05) is 0 Å². The maximum atomic E-state index is 13.5. The van der Waals surface area contributed by atoms with Crippen LogP contribution < -0.4 is 5.32 Å². The van der Waals surface area contributed by atoms with Gasteiger partial charge in [0.2, 0.25) is 5.82 Å². The van der Waals surface area contributed by atoms with Crippen LogP contribution in [0.25, 0.3) is 0 Å². The van der Waals surface area contributed by atoms with Crippen molar-refractivity contribution >= 4 is 5.91 Å². The largest absolute Gasteiger partial charge is 0.345 e. The molecule has 1 heterocycles. The van der Waals surface area contributed by atoms with Gasteiger partial charge in [0.15, 0.2) is 0 Å². The molecule has 0 aliphatic rings. The molecule has 0 aliphatic heterocycles. The minimum absolute atomic E-state index is 0.120. The molecule has 0 radical (unpaired) electrons. The van der Waals surface area contributed by atoms with Crippen LogP contribution in [-0.4, -0.2) is 21.1 Å². The van der Waals surface area contributed by atoms with Crippen molar-refractivity contribution in [3.8, 4) is 0 Å². The number of aromatic nitrogens is 3. The molecule has 1 aromatic carbocycles. The predicted octanol–water partition coefficient (Wildman–Crippen LogP) is 2.61. The fourth-order valence-electron chi connectivity index (χ4n) is 2.03. The van der Waals surface area contributed by atoms with Crippen LogP contribution in [0.3, 0.4) is 0 Å². The Bertz CT molecular complexity index is 640. The summed E-state index contributed by atoms with van der Waals surface area (Å²) < 4.78 is 13.5. The molecule has 0 saturated carbocycles. The Kier molecular flexibility index (Phi) is 4.35. The van der Waals surface area contributed by atoms with Gasteiger partial charge >= 0.3 is 0 Å². The van der Waals surface area contributed by atoms with Crippen LogP contribution >= 0.6 is 0 Å². The van der Waals surface area contributed by atoms with Crippen LogP contribution in [0.1, 0.15) is 52.9 Å². The van der Waals surface area contributed by atoms with Gasteiger partial charge in [0.05, 0.1) is 0 Å². The second-order valence-electron chi connectivity index (χ2n) is 5.43. The molecule has 0 unspecified atom stereocenters. The molecule has 21 heavy (non-hydrogen) atoms. The third-order valence-corrected chi connectivity index (χ3v) is 3.20. The van der Waals surface area contributed by atoms with E-state index in [0.29, 0.717) is 23.5 Å². The molecular formula is C15H19FN4O. The number of hydrogen-bond acceptors (Lipinski definition) is 3. The number of halogens is 1. The van der Waals surface area contributed by atoms with Gasteiger partial charge in [-0.05, 0) is 30.5 Å². The van der Waals surface area contributed by atoms with Gasteiger partial charge in [0.25, 0.3) is 5.91 Å². The van der Waals surface area contributed by atoms with Gasteiger partial charge in [-0.25, -0.2) is 9.37 Å². The molecule has 0 saturated heterocycles. The van der Waals surface area contributed by atoms with Crippen LogP contribution in [0.4, 0.5) is 4.39 Å². The molecule has 0 bridgehead atoms. The van der Waals surface area contributed by atoms with E-state index in [4.69, 9.17) is 0 Å². The van der Waals surface area contributed by atoms with Crippen LogP contribution in [0, 0.1) is 19.7 Å². The molecule has 2 N–H and O–H groups in total. The summed E-state index contributed by atoms with van der Waals surface area (Å²) in [5.74, 6) is 0.419.